The summed E-state index contributed by atoms with van der Waals surface area (Å²) in [6, 6.07) is 10.8. The highest BCUT2D eigenvalue weighted by Crippen LogP contribution is 2.18. The normalized spacial score (nSPS) is 10.5. The van der Waals surface area contributed by atoms with Crippen molar-refractivity contribution >= 4 is 33.5 Å². The fourth-order valence-electron chi connectivity index (χ4n) is 1.76. The van der Waals surface area contributed by atoms with E-state index in [0.29, 0.717) is 0 Å². The van der Waals surface area contributed by atoms with Gasteiger partial charge in [-0.3, -0.25) is 0 Å². The van der Waals surface area contributed by atoms with E-state index in [4.69, 9.17) is 0 Å². The smallest absolute Gasteiger partial charge is 0.126 e. The zero-order valence-corrected chi connectivity index (χ0v) is 13.5. The molecule has 100 valence electrons. The van der Waals surface area contributed by atoms with Gasteiger partial charge < -0.3 is 5.32 Å². The highest BCUT2D eigenvalue weighted by atomic mass is 79.9. The van der Waals surface area contributed by atoms with Crippen molar-refractivity contribution < 1.29 is 0 Å². The summed E-state index contributed by atoms with van der Waals surface area (Å²) < 4.78 is 1.05. The Bertz CT molecular complexity index is 540. The minimum absolute atomic E-state index is 0.896. The molecule has 0 spiro atoms. The highest BCUT2D eigenvalue weighted by molar-refractivity contribution is 9.10. The zero-order valence-electron chi connectivity index (χ0n) is 11.1. The van der Waals surface area contributed by atoms with E-state index in [1.807, 2.05) is 6.20 Å². The second-order valence-electron chi connectivity index (χ2n) is 4.34. The minimum atomic E-state index is 0.896. The molecule has 0 radical (unpaired) electrons. The summed E-state index contributed by atoms with van der Waals surface area (Å²) in [5.74, 6) is 0.932. The molecule has 0 atom stereocenters. The lowest BCUT2D eigenvalue weighted by Crippen LogP contribution is -2.06. The third kappa shape index (κ3) is 4.25. The fourth-order valence-corrected chi connectivity index (χ4v) is 2.39. The lowest BCUT2D eigenvalue weighted by atomic mass is 10.1. The molecule has 2 aromatic rings. The predicted octanol–water partition coefficient (Wildman–Crippen LogP) is 4.53. The predicted molar refractivity (Wildman–Crippen MR) is 87.1 cm³/mol. The van der Waals surface area contributed by atoms with Crippen molar-refractivity contribution in [3.63, 3.8) is 0 Å². The topological polar surface area (TPSA) is 24.9 Å². The first-order valence-electron chi connectivity index (χ1n) is 6.18. The molecule has 1 N–H and O–H groups in total. The molecule has 19 heavy (non-hydrogen) atoms. The van der Waals surface area contributed by atoms with Gasteiger partial charge in [0.15, 0.2) is 0 Å². The number of nitrogens with one attached hydrogen (secondary N) is 1. The van der Waals surface area contributed by atoms with Gasteiger partial charge in [0, 0.05) is 22.1 Å². The number of rotatable bonds is 5. The van der Waals surface area contributed by atoms with E-state index in [9.17, 15) is 0 Å². The van der Waals surface area contributed by atoms with Gasteiger partial charge in [0.25, 0.3) is 0 Å². The Kier molecular flexibility index (Phi) is 5.28. The van der Waals surface area contributed by atoms with Crippen molar-refractivity contribution in [1.82, 2.24) is 4.98 Å². The lowest BCUT2D eigenvalue weighted by molar-refractivity contribution is 1.00. The molecule has 0 bridgehead atoms. The van der Waals surface area contributed by atoms with Crippen LogP contribution >= 0.6 is 27.7 Å². The number of halogens is 1. The van der Waals surface area contributed by atoms with Crippen LogP contribution in [0.5, 0.6) is 0 Å². The van der Waals surface area contributed by atoms with E-state index in [1.54, 1.807) is 11.8 Å². The molecule has 2 rings (SSSR count). The van der Waals surface area contributed by atoms with E-state index in [1.165, 1.54) is 16.0 Å². The average Bonchev–Trinajstić information content (AvgIpc) is 2.43. The molecule has 4 heteroatoms. The molecular formula is C15H17BrN2S. The Morgan fingerprint density at radius 2 is 2.00 bits per heavy atom. The van der Waals surface area contributed by atoms with Crippen LogP contribution in [-0.4, -0.2) is 17.8 Å². The molecule has 0 fully saturated rings. The Labute approximate surface area is 127 Å². The third-order valence-electron chi connectivity index (χ3n) is 2.93. The summed E-state index contributed by atoms with van der Waals surface area (Å²) in [5.41, 5.74) is 2.54. The molecule has 0 aliphatic heterocycles. The van der Waals surface area contributed by atoms with Crippen molar-refractivity contribution in [2.24, 2.45) is 0 Å². The van der Waals surface area contributed by atoms with Crippen LogP contribution in [0.2, 0.25) is 0 Å². The number of aromatic nitrogens is 1. The lowest BCUT2D eigenvalue weighted by Gasteiger charge is -2.07. The number of anilines is 1. The number of nitrogens with zero attached hydrogens (tertiary/aromatic N) is 1. The fraction of sp³-hybridized carbons (Fsp3) is 0.267. The van der Waals surface area contributed by atoms with Crippen LogP contribution in [0.1, 0.15) is 11.1 Å². The van der Waals surface area contributed by atoms with E-state index in [0.717, 1.165) is 23.3 Å². The monoisotopic (exact) mass is 336 g/mol. The molecule has 1 aromatic carbocycles. The minimum Gasteiger partial charge on any atom is -0.370 e. The van der Waals surface area contributed by atoms with E-state index < -0.39 is 0 Å². The molecular weight excluding hydrogens is 320 g/mol. The maximum absolute atomic E-state index is 4.34. The molecule has 0 saturated carbocycles. The van der Waals surface area contributed by atoms with Crippen molar-refractivity contribution in [2.45, 2.75) is 18.2 Å². The number of thioether (sulfide) groups is 1. The van der Waals surface area contributed by atoms with Crippen molar-refractivity contribution in [2.75, 3.05) is 18.1 Å². The maximum Gasteiger partial charge on any atom is 0.126 e. The van der Waals surface area contributed by atoms with E-state index in [-0.39, 0.29) is 0 Å². The van der Waals surface area contributed by atoms with Crippen LogP contribution in [-0.2, 0) is 6.42 Å². The summed E-state index contributed by atoms with van der Waals surface area (Å²) >= 11 is 5.23. The first-order valence-corrected chi connectivity index (χ1v) is 8.20. The number of benzene rings is 1. The Hall–Kier alpha value is -1.00. The largest absolute Gasteiger partial charge is 0.370 e. The van der Waals surface area contributed by atoms with Crippen LogP contribution < -0.4 is 5.32 Å². The van der Waals surface area contributed by atoms with Crippen molar-refractivity contribution in [1.29, 1.82) is 0 Å². The first kappa shape index (κ1) is 14.4. The number of hydrogen-bond donors (Lipinski definition) is 1. The standard InChI is InChI=1S/C15H17BrN2S/c1-11-9-15(18-10-14(11)16)17-8-7-12-3-5-13(19-2)6-4-12/h3-6,9-10H,7-8H2,1-2H3,(H,17,18). The van der Waals surface area contributed by atoms with Crippen LogP contribution in [0.3, 0.4) is 0 Å². The van der Waals surface area contributed by atoms with Crippen LogP contribution in [0, 0.1) is 6.92 Å². The summed E-state index contributed by atoms with van der Waals surface area (Å²) in [5, 5.41) is 3.35. The van der Waals surface area contributed by atoms with E-state index in [2.05, 4.69) is 69.7 Å². The quantitative estimate of drug-likeness (QED) is 0.812. The van der Waals surface area contributed by atoms with Gasteiger partial charge in [-0.25, -0.2) is 4.98 Å². The second kappa shape index (κ2) is 6.96. The van der Waals surface area contributed by atoms with Crippen LogP contribution in [0.15, 0.2) is 45.9 Å². The second-order valence-corrected chi connectivity index (χ2v) is 6.08. The Balaban J connectivity index is 1.86. The number of hydrogen-bond acceptors (Lipinski definition) is 3. The van der Waals surface area contributed by atoms with Crippen LogP contribution in [0.4, 0.5) is 5.82 Å². The molecule has 0 amide bonds. The van der Waals surface area contributed by atoms with Gasteiger partial charge in [0.1, 0.15) is 5.82 Å². The maximum atomic E-state index is 4.34. The molecule has 2 nitrogen and oxygen atoms in total. The van der Waals surface area contributed by atoms with Gasteiger partial charge in [-0.2, -0.15) is 0 Å². The molecule has 0 aliphatic rings. The molecule has 0 unspecified atom stereocenters. The highest BCUT2D eigenvalue weighted by Gasteiger charge is 1.99. The zero-order chi connectivity index (χ0) is 13.7. The molecule has 0 aliphatic carbocycles. The first-order chi connectivity index (χ1) is 9.19. The summed E-state index contributed by atoms with van der Waals surface area (Å²) in [4.78, 5) is 5.64. The summed E-state index contributed by atoms with van der Waals surface area (Å²) in [6.45, 7) is 2.96. The van der Waals surface area contributed by atoms with Gasteiger partial charge in [0.05, 0.1) is 0 Å². The van der Waals surface area contributed by atoms with Gasteiger partial charge in [-0.05, 0) is 64.9 Å². The van der Waals surface area contributed by atoms with Gasteiger partial charge in [-0.15, -0.1) is 11.8 Å². The Morgan fingerprint density at radius 3 is 2.63 bits per heavy atom. The summed E-state index contributed by atoms with van der Waals surface area (Å²) in [6.07, 6.45) is 4.94. The molecule has 0 saturated heterocycles. The van der Waals surface area contributed by atoms with Crippen molar-refractivity contribution in [3.05, 3.63) is 52.1 Å². The van der Waals surface area contributed by atoms with Crippen LogP contribution in [0.25, 0.3) is 0 Å². The number of aryl methyl sites for hydroxylation is 1. The van der Waals surface area contributed by atoms with Gasteiger partial charge >= 0.3 is 0 Å². The average molecular weight is 337 g/mol. The Morgan fingerprint density at radius 1 is 1.26 bits per heavy atom. The van der Waals surface area contributed by atoms with Crippen molar-refractivity contribution in [3.8, 4) is 0 Å². The SMILES string of the molecule is CSc1ccc(CCNc2cc(C)c(Br)cn2)cc1. The summed E-state index contributed by atoms with van der Waals surface area (Å²) in [7, 11) is 0. The molecule has 1 heterocycles. The van der Waals surface area contributed by atoms with Gasteiger partial charge in [-0.1, -0.05) is 12.1 Å². The number of pyridine rings is 1. The van der Waals surface area contributed by atoms with Gasteiger partial charge in [0.2, 0.25) is 0 Å². The molecule has 1 aromatic heterocycles. The third-order valence-corrected chi connectivity index (χ3v) is 4.50. The van der Waals surface area contributed by atoms with E-state index >= 15 is 0 Å².